The van der Waals surface area contributed by atoms with E-state index in [9.17, 15) is 13.2 Å². The third-order valence-electron chi connectivity index (χ3n) is 3.94. The van der Waals surface area contributed by atoms with Crippen LogP contribution in [-0.2, 0) is 14.6 Å². The van der Waals surface area contributed by atoms with Gasteiger partial charge in [0.2, 0.25) is 0 Å². The van der Waals surface area contributed by atoms with Crippen LogP contribution in [0.4, 0.5) is 0 Å². The maximum atomic E-state index is 12.8. The molecule has 2 unspecified atom stereocenters. The van der Waals surface area contributed by atoms with Crippen molar-refractivity contribution in [2.24, 2.45) is 0 Å². The third kappa shape index (κ3) is 4.77. The Morgan fingerprint density at radius 1 is 1.42 bits per heavy atom. The number of carbonyl (C=O) groups excluding carboxylic acids is 1. The van der Waals surface area contributed by atoms with Crippen LogP contribution >= 0.6 is 23.2 Å². The van der Waals surface area contributed by atoms with Gasteiger partial charge in [-0.15, -0.1) is 0 Å². The van der Waals surface area contributed by atoms with Crippen LogP contribution in [-0.4, -0.2) is 49.4 Å². The Hall–Kier alpha value is -0.980. The van der Waals surface area contributed by atoms with Crippen LogP contribution < -0.4 is 4.74 Å². The first-order valence-electron chi connectivity index (χ1n) is 7.86. The maximum absolute atomic E-state index is 12.8. The average Bonchev–Trinajstić information content (AvgIpc) is 2.86. The van der Waals surface area contributed by atoms with E-state index in [1.54, 1.807) is 30.0 Å². The fraction of sp³-hybridized carbons (Fsp3) is 0.562. The summed E-state index contributed by atoms with van der Waals surface area (Å²) in [5.74, 6) is 0.290. The zero-order valence-electron chi connectivity index (χ0n) is 13.7. The molecule has 1 aromatic carbocycles. The Kier molecular flexibility index (Phi) is 6.39. The van der Waals surface area contributed by atoms with Gasteiger partial charge in [-0.1, -0.05) is 30.1 Å². The first-order chi connectivity index (χ1) is 11.2. The molecule has 0 aliphatic carbocycles. The normalized spacial score (nSPS) is 20.6. The molecule has 1 saturated heterocycles. The molecule has 0 saturated carbocycles. The molecule has 0 bridgehead atoms. The summed E-state index contributed by atoms with van der Waals surface area (Å²) in [6, 6.07) is 4.50. The highest BCUT2D eigenvalue weighted by Crippen LogP contribution is 2.29. The molecule has 1 aliphatic heterocycles. The van der Waals surface area contributed by atoms with E-state index in [-0.39, 0.29) is 23.5 Å². The van der Waals surface area contributed by atoms with Crippen LogP contribution in [0.5, 0.6) is 5.75 Å². The smallest absolute Gasteiger partial charge is 0.263 e. The van der Waals surface area contributed by atoms with Gasteiger partial charge in [0.1, 0.15) is 5.75 Å². The van der Waals surface area contributed by atoms with E-state index in [0.717, 1.165) is 6.42 Å². The summed E-state index contributed by atoms with van der Waals surface area (Å²) in [7, 11) is -3.06. The topological polar surface area (TPSA) is 63.7 Å². The van der Waals surface area contributed by atoms with Crippen molar-refractivity contribution in [2.75, 3.05) is 18.1 Å². The number of ether oxygens (including phenoxy) is 1. The van der Waals surface area contributed by atoms with E-state index in [4.69, 9.17) is 27.9 Å². The van der Waals surface area contributed by atoms with Crippen molar-refractivity contribution < 1.29 is 17.9 Å². The van der Waals surface area contributed by atoms with Crippen molar-refractivity contribution in [2.45, 2.75) is 38.8 Å². The van der Waals surface area contributed by atoms with Crippen LogP contribution in [0.2, 0.25) is 10.0 Å². The number of halogens is 2. The fourth-order valence-corrected chi connectivity index (χ4v) is 4.96. The summed E-state index contributed by atoms with van der Waals surface area (Å²) in [6.07, 6.45) is 0.456. The lowest BCUT2D eigenvalue weighted by Gasteiger charge is -2.30. The summed E-state index contributed by atoms with van der Waals surface area (Å²) in [5.41, 5.74) is 0. The molecule has 1 amide bonds. The van der Waals surface area contributed by atoms with E-state index in [1.807, 2.05) is 6.92 Å². The summed E-state index contributed by atoms with van der Waals surface area (Å²) in [6.45, 7) is 4.09. The largest absolute Gasteiger partial charge is 0.479 e. The van der Waals surface area contributed by atoms with Gasteiger partial charge in [-0.2, -0.15) is 0 Å². The highest BCUT2D eigenvalue weighted by molar-refractivity contribution is 7.91. The first-order valence-corrected chi connectivity index (χ1v) is 10.4. The van der Waals surface area contributed by atoms with Crippen LogP contribution in [0.3, 0.4) is 0 Å². The van der Waals surface area contributed by atoms with Gasteiger partial charge in [-0.25, -0.2) is 8.42 Å². The maximum Gasteiger partial charge on any atom is 0.263 e. The molecule has 2 atom stereocenters. The SMILES string of the molecule is CCCN(C(=O)C(C)Oc1ccc(Cl)cc1Cl)C1CCS(=O)(=O)C1. The summed E-state index contributed by atoms with van der Waals surface area (Å²) in [5, 5.41) is 0.808. The van der Waals surface area contributed by atoms with Gasteiger partial charge < -0.3 is 9.64 Å². The Balaban J connectivity index is 2.11. The first kappa shape index (κ1) is 19.3. The second kappa shape index (κ2) is 7.93. The third-order valence-corrected chi connectivity index (χ3v) is 6.22. The van der Waals surface area contributed by atoms with Crippen molar-refractivity contribution in [3.05, 3.63) is 28.2 Å². The molecule has 1 heterocycles. The van der Waals surface area contributed by atoms with Crippen molar-refractivity contribution in [3.8, 4) is 5.75 Å². The molecule has 1 fully saturated rings. The van der Waals surface area contributed by atoms with Gasteiger partial charge in [0.15, 0.2) is 15.9 Å². The minimum atomic E-state index is -3.06. The number of nitrogens with zero attached hydrogens (tertiary/aromatic N) is 1. The van der Waals surface area contributed by atoms with Crippen LogP contribution in [0.1, 0.15) is 26.7 Å². The van der Waals surface area contributed by atoms with Gasteiger partial charge in [-0.05, 0) is 38.0 Å². The van der Waals surface area contributed by atoms with Gasteiger partial charge in [0.05, 0.1) is 16.5 Å². The highest BCUT2D eigenvalue weighted by atomic mass is 35.5. The van der Waals surface area contributed by atoms with Crippen molar-refractivity contribution >= 4 is 38.9 Å². The van der Waals surface area contributed by atoms with Crippen molar-refractivity contribution in [1.82, 2.24) is 4.90 Å². The van der Waals surface area contributed by atoms with Gasteiger partial charge in [0.25, 0.3) is 5.91 Å². The molecule has 0 N–H and O–H groups in total. The number of hydrogen-bond donors (Lipinski definition) is 0. The number of hydrogen-bond acceptors (Lipinski definition) is 4. The number of rotatable bonds is 6. The van der Waals surface area contributed by atoms with Crippen LogP contribution in [0.25, 0.3) is 0 Å². The molecular formula is C16H21Cl2NO4S. The van der Waals surface area contributed by atoms with Crippen LogP contribution in [0.15, 0.2) is 18.2 Å². The Morgan fingerprint density at radius 2 is 2.12 bits per heavy atom. The Morgan fingerprint density at radius 3 is 2.67 bits per heavy atom. The van der Waals surface area contributed by atoms with E-state index >= 15 is 0 Å². The average molecular weight is 394 g/mol. The number of carbonyl (C=O) groups is 1. The van der Waals surface area contributed by atoms with E-state index in [2.05, 4.69) is 0 Å². The predicted octanol–water partition coefficient (Wildman–Crippen LogP) is 3.19. The number of amides is 1. The van der Waals surface area contributed by atoms with E-state index in [0.29, 0.717) is 28.8 Å². The molecule has 134 valence electrons. The molecule has 0 radical (unpaired) electrons. The predicted molar refractivity (Wildman–Crippen MR) is 95.6 cm³/mol. The van der Waals surface area contributed by atoms with E-state index in [1.165, 1.54) is 0 Å². The molecule has 1 aromatic rings. The molecule has 24 heavy (non-hydrogen) atoms. The Labute approximate surface area is 152 Å². The summed E-state index contributed by atoms with van der Waals surface area (Å²) >= 11 is 11.9. The van der Waals surface area contributed by atoms with Crippen molar-refractivity contribution in [3.63, 3.8) is 0 Å². The minimum absolute atomic E-state index is 0.0210. The summed E-state index contributed by atoms with van der Waals surface area (Å²) in [4.78, 5) is 14.4. The molecule has 5 nitrogen and oxygen atoms in total. The minimum Gasteiger partial charge on any atom is -0.479 e. The monoisotopic (exact) mass is 393 g/mol. The molecular weight excluding hydrogens is 373 g/mol. The second-order valence-electron chi connectivity index (χ2n) is 5.92. The lowest BCUT2D eigenvalue weighted by molar-refractivity contribution is -0.139. The van der Waals surface area contributed by atoms with Crippen LogP contribution in [0, 0.1) is 0 Å². The molecule has 0 spiro atoms. The molecule has 2 rings (SSSR count). The summed E-state index contributed by atoms with van der Waals surface area (Å²) < 4.78 is 29.1. The molecule has 1 aliphatic rings. The van der Waals surface area contributed by atoms with Crippen molar-refractivity contribution in [1.29, 1.82) is 0 Å². The zero-order valence-corrected chi connectivity index (χ0v) is 16.0. The second-order valence-corrected chi connectivity index (χ2v) is 9.00. The Bertz CT molecular complexity index is 708. The zero-order chi connectivity index (χ0) is 17.9. The standard InChI is InChI=1S/C16H21Cl2NO4S/c1-3-7-19(13-6-8-24(21,22)10-13)16(20)11(2)23-15-5-4-12(17)9-14(15)18/h4-5,9,11,13H,3,6-8,10H2,1-2H3. The molecule has 0 aromatic heterocycles. The number of benzene rings is 1. The van der Waals surface area contributed by atoms with Gasteiger partial charge >= 0.3 is 0 Å². The van der Waals surface area contributed by atoms with E-state index < -0.39 is 15.9 Å². The lowest BCUT2D eigenvalue weighted by Crippen LogP contribution is -2.47. The van der Waals surface area contributed by atoms with Gasteiger partial charge in [0, 0.05) is 17.6 Å². The lowest BCUT2D eigenvalue weighted by atomic mass is 10.2. The molecule has 8 heteroatoms. The highest BCUT2D eigenvalue weighted by Gasteiger charge is 2.36. The van der Waals surface area contributed by atoms with Gasteiger partial charge in [-0.3, -0.25) is 4.79 Å². The number of sulfone groups is 1. The quantitative estimate of drug-likeness (QED) is 0.744. The fourth-order valence-electron chi connectivity index (χ4n) is 2.78.